The third-order valence-corrected chi connectivity index (χ3v) is 5.73. The Morgan fingerprint density at radius 3 is 1.89 bits per heavy atom. The van der Waals surface area contributed by atoms with Gasteiger partial charge in [0.2, 0.25) is 0 Å². The van der Waals surface area contributed by atoms with Crippen molar-refractivity contribution in [1.82, 2.24) is 0 Å². The second kappa shape index (κ2) is 6.10. The number of thiophene rings is 1. The van der Waals surface area contributed by atoms with E-state index in [1.54, 1.807) is 0 Å². The lowest BCUT2D eigenvalue weighted by Crippen LogP contribution is -2.00. The summed E-state index contributed by atoms with van der Waals surface area (Å²) in [6.07, 6.45) is 0. The average molecular weight is 372 g/mol. The van der Waals surface area contributed by atoms with E-state index in [-0.39, 0.29) is 25.1 Å². The van der Waals surface area contributed by atoms with E-state index >= 15 is 0 Å². The fourth-order valence-electron chi connectivity index (χ4n) is 1.60. The topological polar surface area (TPSA) is 23.8 Å². The van der Waals surface area contributed by atoms with Crippen molar-refractivity contribution in [1.29, 1.82) is 5.26 Å². The van der Waals surface area contributed by atoms with Crippen LogP contribution in [0, 0.1) is 11.3 Å². The van der Waals surface area contributed by atoms with E-state index in [1.807, 2.05) is 17.5 Å². The second-order valence-corrected chi connectivity index (χ2v) is 6.43. The molecular weight excluding hydrogens is 367 g/mol. The van der Waals surface area contributed by atoms with Gasteiger partial charge in [0.15, 0.2) is 0 Å². The SMILES string of the molecule is N#CC(c1cccs1)c1c(Cl)c(Cl)c(Cl)c(Cl)c1Cl. The lowest BCUT2D eigenvalue weighted by molar-refractivity contribution is 1.07. The van der Waals surface area contributed by atoms with Crippen LogP contribution < -0.4 is 0 Å². The number of benzene rings is 1. The molecule has 0 spiro atoms. The van der Waals surface area contributed by atoms with Crippen molar-refractivity contribution < 1.29 is 0 Å². The van der Waals surface area contributed by atoms with Crippen LogP contribution in [0.15, 0.2) is 17.5 Å². The van der Waals surface area contributed by atoms with Crippen LogP contribution in [-0.2, 0) is 0 Å². The Morgan fingerprint density at radius 1 is 0.947 bits per heavy atom. The van der Waals surface area contributed by atoms with Crippen LogP contribution >= 0.6 is 69.3 Å². The minimum Gasteiger partial charge on any atom is -0.197 e. The first-order valence-corrected chi connectivity index (χ1v) is 7.70. The van der Waals surface area contributed by atoms with E-state index in [2.05, 4.69) is 6.07 Å². The number of nitriles is 1. The van der Waals surface area contributed by atoms with Crippen LogP contribution in [0.25, 0.3) is 0 Å². The Kier molecular flexibility index (Phi) is 4.89. The van der Waals surface area contributed by atoms with Crippen molar-refractivity contribution in [2.24, 2.45) is 0 Å². The van der Waals surface area contributed by atoms with Crippen LogP contribution in [-0.4, -0.2) is 0 Å². The zero-order chi connectivity index (χ0) is 14.2. The minimum atomic E-state index is -0.632. The van der Waals surface area contributed by atoms with Gasteiger partial charge in [0, 0.05) is 10.4 Å². The van der Waals surface area contributed by atoms with Gasteiger partial charge in [-0.25, -0.2) is 0 Å². The maximum atomic E-state index is 9.37. The van der Waals surface area contributed by atoms with Gasteiger partial charge in [-0.1, -0.05) is 64.1 Å². The molecule has 2 aromatic rings. The summed E-state index contributed by atoms with van der Waals surface area (Å²) in [6.45, 7) is 0. The molecule has 98 valence electrons. The molecule has 0 amide bonds. The molecule has 2 rings (SSSR count). The number of rotatable bonds is 2. The lowest BCUT2D eigenvalue weighted by Gasteiger charge is -2.15. The Balaban J connectivity index is 2.73. The number of halogens is 5. The van der Waals surface area contributed by atoms with Crippen molar-refractivity contribution in [3.63, 3.8) is 0 Å². The van der Waals surface area contributed by atoms with Crippen molar-refractivity contribution in [3.8, 4) is 6.07 Å². The number of nitrogens with zero attached hydrogens (tertiary/aromatic N) is 1. The van der Waals surface area contributed by atoms with Gasteiger partial charge >= 0.3 is 0 Å². The number of hydrogen-bond acceptors (Lipinski definition) is 2. The van der Waals surface area contributed by atoms with Gasteiger partial charge in [-0.2, -0.15) is 5.26 Å². The van der Waals surface area contributed by atoms with E-state index < -0.39 is 5.92 Å². The van der Waals surface area contributed by atoms with Crippen LogP contribution in [0.5, 0.6) is 0 Å². The van der Waals surface area contributed by atoms with Crippen LogP contribution in [0.4, 0.5) is 0 Å². The summed E-state index contributed by atoms with van der Waals surface area (Å²) < 4.78 is 0. The first kappa shape index (κ1) is 15.3. The van der Waals surface area contributed by atoms with Gasteiger partial charge in [-0.3, -0.25) is 0 Å². The van der Waals surface area contributed by atoms with Crippen molar-refractivity contribution in [3.05, 3.63) is 53.1 Å². The third-order valence-electron chi connectivity index (χ3n) is 2.49. The van der Waals surface area contributed by atoms with Crippen LogP contribution in [0.2, 0.25) is 25.1 Å². The molecule has 0 aliphatic rings. The molecule has 0 saturated heterocycles. The van der Waals surface area contributed by atoms with Gasteiger partial charge < -0.3 is 0 Å². The zero-order valence-corrected chi connectivity index (χ0v) is 13.7. The standard InChI is InChI=1S/C12H4Cl5NS/c13-8-7(5(4-18)6-2-1-3-19-6)9(14)11(16)12(17)10(8)15/h1-3,5H. The smallest absolute Gasteiger partial charge is 0.108 e. The molecule has 0 saturated carbocycles. The molecule has 1 unspecified atom stereocenters. The number of hydrogen-bond donors (Lipinski definition) is 0. The monoisotopic (exact) mass is 369 g/mol. The normalized spacial score (nSPS) is 12.2. The van der Waals surface area contributed by atoms with Gasteiger partial charge in [-0.05, 0) is 11.4 Å². The molecule has 1 aromatic carbocycles. The summed E-state index contributed by atoms with van der Waals surface area (Å²) in [5.74, 6) is -0.632. The molecule has 1 heterocycles. The van der Waals surface area contributed by atoms with Gasteiger partial charge in [0.25, 0.3) is 0 Å². The van der Waals surface area contributed by atoms with E-state index in [0.717, 1.165) is 4.88 Å². The maximum Gasteiger partial charge on any atom is 0.108 e. The molecule has 1 nitrogen and oxygen atoms in total. The van der Waals surface area contributed by atoms with Crippen molar-refractivity contribution in [2.75, 3.05) is 0 Å². The Bertz CT molecular complexity index is 631. The molecule has 0 fully saturated rings. The molecular formula is C12H4Cl5NS. The van der Waals surface area contributed by atoms with Crippen molar-refractivity contribution in [2.45, 2.75) is 5.92 Å². The van der Waals surface area contributed by atoms with Crippen LogP contribution in [0.1, 0.15) is 16.4 Å². The fourth-order valence-corrected chi connectivity index (χ4v) is 3.75. The van der Waals surface area contributed by atoms with E-state index in [9.17, 15) is 5.26 Å². The van der Waals surface area contributed by atoms with Gasteiger partial charge in [0.05, 0.1) is 31.2 Å². The summed E-state index contributed by atoms with van der Waals surface area (Å²) in [5, 5.41) is 11.8. The van der Waals surface area contributed by atoms with E-state index in [4.69, 9.17) is 58.0 Å². The molecule has 1 aromatic heterocycles. The molecule has 1 atom stereocenters. The van der Waals surface area contributed by atoms with Crippen LogP contribution in [0.3, 0.4) is 0 Å². The Labute approximate surface area is 139 Å². The summed E-state index contributed by atoms with van der Waals surface area (Å²) in [5.41, 5.74) is 0.382. The molecule has 7 heteroatoms. The molecule has 0 N–H and O–H groups in total. The van der Waals surface area contributed by atoms with Gasteiger partial charge in [-0.15, -0.1) is 11.3 Å². The van der Waals surface area contributed by atoms with Crippen molar-refractivity contribution >= 4 is 69.3 Å². The highest BCUT2D eigenvalue weighted by Gasteiger charge is 2.26. The highest BCUT2D eigenvalue weighted by Crippen LogP contribution is 2.48. The molecule has 0 radical (unpaired) electrons. The van der Waals surface area contributed by atoms with E-state index in [0.29, 0.717) is 5.56 Å². The zero-order valence-electron chi connectivity index (χ0n) is 9.05. The molecule has 0 aliphatic heterocycles. The first-order chi connectivity index (χ1) is 8.99. The minimum absolute atomic E-state index is 0.0879. The molecule has 0 bridgehead atoms. The summed E-state index contributed by atoms with van der Waals surface area (Å²) in [6, 6.07) is 5.82. The second-order valence-electron chi connectivity index (χ2n) is 3.56. The summed E-state index contributed by atoms with van der Waals surface area (Å²) in [4.78, 5) is 0.806. The van der Waals surface area contributed by atoms with E-state index in [1.165, 1.54) is 11.3 Å². The summed E-state index contributed by atoms with van der Waals surface area (Å²) >= 11 is 31.7. The quantitative estimate of drug-likeness (QED) is 0.427. The Hall–Kier alpha value is -0.140. The van der Waals surface area contributed by atoms with Gasteiger partial charge in [0.1, 0.15) is 5.92 Å². The fraction of sp³-hybridized carbons (Fsp3) is 0.0833. The summed E-state index contributed by atoms with van der Waals surface area (Å²) in [7, 11) is 0. The first-order valence-electron chi connectivity index (χ1n) is 4.93. The highest BCUT2D eigenvalue weighted by atomic mass is 35.5. The average Bonchev–Trinajstić information content (AvgIpc) is 2.93. The largest absolute Gasteiger partial charge is 0.197 e. The highest BCUT2D eigenvalue weighted by molar-refractivity contribution is 7.10. The third kappa shape index (κ3) is 2.69. The predicted octanol–water partition coefficient (Wildman–Crippen LogP) is 6.67. The predicted molar refractivity (Wildman–Crippen MR) is 83.3 cm³/mol. The molecule has 0 aliphatic carbocycles. The lowest BCUT2D eigenvalue weighted by atomic mass is 9.98. The molecule has 19 heavy (non-hydrogen) atoms. The maximum absolute atomic E-state index is 9.37. The Morgan fingerprint density at radius 2 is 1.47 bits per heavy atom.